The van der Waals surface area contributed by atoms with Crippen molar-refractivity contribution in [2.75, 3.05) is 5.32 Å². The Labute approximate surface area is 188 Å². The lowest BCUT2D eigenvalue weighted by Crippen LogP contribution is -2.02. The largest absolute Gasteiger partial charge is 0.381 e. The number of rotatable bonds is 6. The zero-order valence-corrected chi connectivity index (χ0v) is 17.9. The molecule has 3 aromatic heterocycles. The molecule has 5 rings (SSSR count). The highest BCUT2D eigenvalue weighted by Gasteiger charge is 2.18. The van der Waals surface area contributed by atoms with Crippen molar-refractivity contribution in [1.29, 1.82) is 0 Å². The van der Waals surface area contributed by atoms with Gasteiger partial charge in [0.05, 0.1) is 22.3 Å². The van der Waals surface area contributed by atoms with Crippen molar-refractivity contribution in [1.82, 2.24) is 14.6 Å². The predicted octanol–water partition coefficient (Wildman–Crippen LogP) is 5.95. The highest BCUT2D eigenvalue weighted by Crippen LogP contribution is 2.25. The number of hydrogen-bond donors (Lipinski definition) is 1. The van der Waals surface area contributed by atoms with Crippen LogP contribution in [0.25, 0.3) is 16.9 Å². The molecule has 0 amide bonds. The zero-order chi connectivity index (χ0) is 21.2. The summed E-state index contributed by atoms with van der Waals surface area (Å²) in [5.74, 6) is -0.0633. The van der Waals surface area contributed by atoms with Crippen LogP contribution >= 0.6 is 22.9 Å². The third-order valence-electron chi connectivity index (χ3n) is 4.93. The number of nitrogens with one attached hydrogen (secondary N) is 1. The number of benzene rings is 2. The highest BCUT2D eigenvalue weighted by atomic mass is 35.5. The van der Waals surface area contributed by atoms with Gasteiger partial charge in [0.1, 0.15) is 0 Å². The number of nitrogens with zero attached hydrogens (tertiary/aromatic N) is 3. The molecule has 5 nitrogen and oxygen atoms in total. The Bertz CT molecular complexity index is 1380. The molecule has 31 heavy (non-hydrogen) atoms. The van der Waals surface area contributed by atoms with Gasteiger partial charge in [-0.05, 0) is 47.3 Å². The molecule has 2 aromatic carbocycles. The first-order valence-corrected chi connectivity index (χ1v) is 10.9. The zero-order valence-electron chi connectivity index (χ0n) is 16.3. The topological polar surface area (TPSA) is 59.3 Å². The number of hydrogen-bond acceptors (Lipinski definition) is 5. The van der Waals surface area contributed by atoms with E-state index < -0.39 is 0 Å². The molecule has 0 spiro atoms. The molecule has 0 radical (unpaired) electrons. The van der Waals surface area contributed by atoms with Gasteiger partial charge in [0, 0.05) is 29.0 Å². The first kappa shape index (κ1) is 19.5. The summed E-state index contributed by atoms with van der Waals surface area (Å²) in [4.78, 5) is 17.9. The van der Waals surface area contributed by atoms with Gasteiger partial charge >= 0.3 is 0 Å². The van der Waals surface area contributed by atoms with E-state index in [0.29, 0.717) is 22.6 Å². The lowest BCUT2D eigenvalue weighted by Gasteiger charge is -2.10. The SMILES string of the molecule is O=C(c1cccs1)c1cnn2c(-c3cccc(NCc4cccc(Cl)c4)c3)ccnc12. The summed E-state index contributed by atoms with van der Waals surface area (Å²) in [7, 11) is 0. The van der Waals surface area contributed by atoms with Crippen LogP contribution in [0.15, 0.2) is 84.5 Å². The van der Waals surface area contributed by atoms with Crippen LogP contribution in [0.1, 0.15) is 20.8 Å². The molecule has 0 bridgehead atoms. The van der Waals surface area contributed by atoms with E-state index in [2.05, 4.69) is 21.5 Å². The number of aromatic nitrogens is 3. The van der Waals surface area contributed by atoms with E-state index in [9.17, 15) is 4.79 Å². The smallest absolute Gasteiger partial charge is 0.208 e. The summed E-state index contributed by atoms with van der Waals surface area (Å²) in [5, 5.41) is 10.5. The Balaban J connectivity index is 1.46. The van der Waals surface area contributed by atoms with Gasteiger partial charge in [-0.2, -0.15) is 5.10 Å². The van der Waals surface area contributed by atoms with Crippen molar-refractivity contribution in [3.8, 4) is 11.3 Å². The quantitative estimate of drug-likeness (QED) is 0.328. The number of carbonyl (C=O) groups excluding carboxylic acids is 1. The van der Waals surface area contributed by atoms with Crippen LogP contribution in [-0.4, -0.2) is 20.4 Å². The lowest BCUT2D eigenvalue weighted by atomic mass is 10.1. The number of carbonyl (C=O) groups is 1. The third-order valence-corrected chi connectivity index (χ3v) is 6.04. The Morgan fingerprint density at radius 1 is 1.06 bits per heavy atom. The van der Waals surface area contributed by atoms with Crippen molar-refractivity contribution in [3.05, 3.63) is 106 Å². The fourth-order valence-electron chi connectivity index (χ4n) is 3.45. The Hall–Kier alpha value is -3.48. The Kier molecular flexibility index (Phi) is 5.24. The van der Waals surface area contributed by atoms with E-state index in [1.807, 2.05) is 66.0 Å². The van der Waals surface area contributed by atoms with Gasteiger partial charge in [0.15, 0.2) is 5.65 Å². The summed E-state index contributed by atoms with van der Waals surface area (Å²) >= 11 is 7.49. The van der Waals surface area contributed by atoms with E-state index in [4.69, 9.17) is 11.6 Å². The van der Waals surface area contributed by atoms with Crippen LogP contribution in [0, 0.1) is 0 Å². The minimum atomic E-state index is -0.0633. The summed E-state index contributed by atoms with van der Waals surface area (Å²) in [6.07, 6.45) is 3.30. The normalized spacial score (nSPS) is 11.0. The molecule has 3 heterocycles. The van der Waals surface area contributed by atoms with Crippen molar-refractivity contribution < 1.29 is 4.79 Å². The molecule has 0 unspecified atom stereocenters. The fourth-order valence-corrected chi connectivity index (χ4v) is 4.34. The van der Waals surface area contributed by atoms with Gasteiger partial charge in [-0.1, -0.05) is 41.9 Å². The number of fused-ring (bicyclic) bond motifs is 1. The number of anilines is 1. The Morgan fingerprint density at radius 2 is 1.97 bits per heavy atom. The monoisotopic (exact) mass is 444 g/mol. The van der Waals surface area contributed by atoms with Crippen LogP contribution in [0.3, 0.4) is 0 Å². The molecule has 7 heteroatoms. The van der Waals surface area contributed by atoms with Gasteiger partial charge in [0.2, 0.25) is 5.78 Å². The van der Waals surface area contributed by atoms with E-state index >= 15 is 0 Å². The van der Waals surface area contributed by atoms with E-state index in [1.54, 1.807) is 16.9 Å². The molecule has 152 valence electrons. The van der Waals surface area contributed by atoms with Gasteiger partial charge in [-0.3, -0.25) is 4.79 Å². The minimum absolute atomic E-state index is 0.0633. The van der Waals surface area contributed by atoms with Gasteiger partial charge < -0.3 is 5.32 Å². The number of halogens is 1. The predicted molar refractivity (Wildman–Crippen MR) is 125 cm³/mol. The van der Waals surface area contributed by atoms with Gasteiger partial charge in [-0.15, -0.1) is 11.3 Å². The number of ketones is 1. The van der Waals surface area contributed by atoms with Crippen molar-refractivity contribution >= 4 is 40.1 Å². The molecule has 0 aliphatic heterocycles. The summed E-state index contributed by atoms with van der Waals surface area (Å²) in [5.41, 5.74) is 4.97. The second kappa shape index (κ2) is 8.34. The average molecular weight is 445 g/mol. The van der Waals surface area contributed by atoms with Crippen LogP contribution in [0.4, 0.5) is 5.69 Å². The molecular formula is C24H17ClN4OS. The van der Waals surface area contributed by atoms with E-state index in [-0.39, 0.29) is 5.78 Å². The summed E-state index contributed by atoms with van der Waals surface area (Å²) in [6, 6.07) is 21.4. The Morgan fingerprint density at radius 3 is 2.81 bits per heavy atom. The second-order valence-corrected chi connectivity index (χ2v) is 8.38. The molecule has 0 atom stereocenters. The molecular weight excluding hydrogens is 428 g/mol. The minimum Gasteiger partial charge on any atom is -0.381 e. The molecule has 0 aliphatic carbocycles. The molecule has 0 saturated carbocycles. The first-order valence-electron chi connectivity index (χ1n) is 9.69. The maximum absolute atomic E-state index is 12.8. The molecule has 0 aliphatic rings. The summed E-state index contributed by atoms with van der Waals surface area (Å²) < 4.78 is 1.72. The first-order chi connectivity index (χ1) is 15.2. The van der Waals surface area contributed by atoms with E-state index in [0.717, 1.165) is 27.5 Å². The maximum Gasteiger partial charge on any atom is 0.208 e. The second-order valence-electron chi connectivity index (χ2n) is 6.99. The maximum atomic E-state index is 12.8. The van der Waals surface area contributed by atoms with Crippen molar-refractivity contribution in [3.63, 3.8) is 0 Å². The van der Waals surface area contributed by atoms with Crippen molar-refractivity contribution in [2.45, 2.75) is 6.54 Å². The molecule has 0 fully saturated rings. The van der Waals surface area contributed by atoms with Crippen LogP contribution < -0.4 is 5.32 Å². The molecule has 1 N–H and O–H groups in total. The van der Waals surface area contributed by atoms with Crippen LogP contribution in [0.5, 0.6) is 0 Å². The van der Waals surface area contributed by atoms with E-state index in [1.165, 1.54) is 11.3 Å². The van der Waals surface area contributed by atoms with Gasteiger partial charge in [0.25, 0.3) is 0 Å². The highest BCUT2D eigenvalue weighted by molar-refractivity contribution is 7.12. The van der Waals surface area contributed by atoms with Crippen molar-refractivity contribution in [2.24, 2.45) is 0 Å². The fraction of sp³-hybridized carbons (Fsp3) is 0.0417. The lowest BCUT2D eigenvalue weighted by molar-refractivity contribution is 0.104. The third kappa shape index (κ3) is 3.95. The summed E-state index contributed by atoms with van der Waals surface area (Å²) in [6.45, 7) is 0.664. The standard InChI is InChI=1S/C24H17ClN4OS/c25-18-6-1-4-16(12-18)14-27-19-7-2-5-17(13-19)21-9-10-26-24-20(15-28-29(21)24)23(30)22-8-3-11-31-22/h1-13,15,27H,14H2. The number of thiophene rings is 1. The molecule has 0 saturated heterocycles. The van der Waals surface area contributed by atoms with Crippen LogP contribution in [-0.2, 0) is 6.54 Å². The van der Waals surface area contributed by atoms with Gasteiger partial charge in [-0.25, -0.2) is 9.50 Å². The average Bonchev–Trinajstić information content (AvgIpc) is 3.48. The molecule has 5 aromatic rings. The van der Waals surface area contributed by atoms with Crippen LogP contribution in [0.2, 0.25) is 5.02 Å².